The highest BCUT2D eigenvalue weighted by Gasteiger charge is 2.32. The predicted molar refractivity (Wildman–Crippen MR) is 105 cm³/mol. The van der Waals surface area contributed by atoms with E-state index in [2.05, 4.69) is 9.97 Å². The van der Waals surface area contributed by atoms with Gasteiger partial charge in [-0.15, -0.1) is 0 Å². The summed E-state index contributed by atoms with van der Waals surface area (Å²) < 4.78 is 33.7. The number of sulfonamides is 1. The van der Waals surface area contributed by atoms with Gasteiger partial charge in [0.05, 0.1) is 11.4 Å². The van der Waals surface area contributed by atoms with E-state index in [1.807, 2.05) is 19.0 Å². The lowest BCUT2D eigenvalue weighted by molar-refractivity contribution is 0.125. The molecule has 7 nitrogen and oxygen atoms in total. The van der Waals surface area contributed by atoms with Crippen LogP contribution in [0.4, 0.5) is 5.82 Å². The third-order valence-electron chi connectivity index (χ3n) is 4.46. The first-order valence-corrected chi connectivity index (χ1v) is 10.5. The smallest absolute Gasteiger partial charge is 0.257 e. The van der Waals surface area contributed by atoms with Crippen molar-refractivity contribution in [3.63, 3.8) is 0 Å². The fourth-order valence-electron chi connectivity index (χ4n) is 3.08. The number of aromatic nitrogens is 2. The van der Waals surface area contributed by atoms with E-state index >= 15 is 0 Å². The minimum absolute atomic E-state index is 0.240. The van der Waals surface area contributed by atoms with Gasteiger partial charge in [0.1, 0.15) is 6.10 Å². The predicted octanol–water partition coefficient (Wildman–Crippen LogP) is 2.74. The Morgan fingerprint density at radius 3 is 2.74 bits per heavy atom. The molecule has 0 spiro atoms. The number of hydrogen-bond acceptors (Lipinski definition) is 6. The van der Waals surface area contributed by atoms with Crippen molar-refractivity contribution in [2.45, 2.75) is 30.8 Å². The molecule has 1 atom stereocenters. The van der Waals surface area contributed by atoms with Gasteiger partial charge in [-0.05, 0) is 37.5 Å². The number of piperidine rings is 1. The molecule has 9 heteroatoms. The SMILES string of the molecule is Cc1ccc(Cl)cc1S(=O)(=O)N1CCCC(Oc2nccnc2N(C)C)C1. The summed E-state index contributed by atoms with van der Waals surface area (Å²) in [5.41, 5.74) is 0.672. The molecule has 1 aliphatic heterocycles. The van der Waals surface area contributed by atoms with Crippen LogP contribution in [0.5, 0.6) is 5.88 Å². The van der Waals surface area contributed by atoms with Crippen LogP contribution in [-0.2, 0) is 10.0 Å². The van der Waals surface area contributed by atoms with Crippen LogP contribution in [0.15, 0.2) is 35.5 Å². The normalized spacial score (nSPS) is 18.3. The van der Waals surface area contributed by atoms with E-state index in [9.17, 15) is 8.42 Å². The largest absolute Gasteiger partial charge is 0.470 e. The molecule has 0 radical (unpaired) electrons. The fraction of sp³-hybridized carbons (Fsp3) is 0.444. The molecule has 1 aromatic heterocycles. The molecular weight excluding hydrogens is 388 g/mol. The maximum absolute atomic E-state index is 13.1. The average molecular weight is 411 g/mol. The summed E-state index contributed by atoms with van der Waals surface area (Å²) in [6, 6.07) is 4.91. The van der Waals surface area contributed by atoms with Gasteiger partial charge in [-0.1, -0.05) is 17.7 Å². The monoisotopic (exact) mass is 410 g/mol. The van der Waals surface area contributed by atoms with Crippen molar-refractivity contribution in [2.24, 2.45) is 0 Å². The highest BCUT2D eigenvalue weighted by molar-refractivity contribution is 7.89. The number of halogens is 1. The summed E-state index contributed by atoms with van der Waals surface area (Å²) >= 11 is 6.02. The first-order chi connectivity index (χ1) is 12.8. The van der Waals surface area contributed by atoms with Crippen LogP contribution in [0.2, 0.25) is 5.02 Å². The van der Waals surface area contributed by atoms with Crippen molar-refractivity contribution in [2.75, 3.05) is 32.1 Å². The van der Waals surface area contributed by atoms with E-state index in [0.29, 0.717) is 35.2 Å². The summed E-state index contributed by atoms with van der Waals surface area (Å²) in [7, 11) is 0.0707. The molecule has 2 aromatic rings. The summed E-state index contributed by atoms with van der Waals surface area (Å²) in [4.78, 5) is 10.6. The molecule has 0 saturated carbocycles. The van der Waals surface area contributed by atoms with E-state index in [4.69, 9.17) is 16.3 Å². The van der Waals surface area contributed by atoms with E-state index in [-0.39, 0.29) is 17.5 Å². The van der Waals surface area contributed by atoms with Crippen LogP contribution in [-0.4, -0.2) is 56.0 Å². The number of nitrogens with zero attached hydrogens (tertiary/aromatic N) is 4. The zero-order chi connectivity index (χ0) is 19.6. The quantitative estimate of drug-likeness (QED) is 0.754. The van der Waals surface area contributed by atoms with Crippen molar-refractivity contribution in [1.82, 2.24) is 14.3 Å². The van der Waals surface area contributed by atoms with Gasteiger partial charge in [-0.3, -0.25) is 0 Å². The molecular formula is C18H23ClN4O3S. The summed E-state index contributed by atoms with van der Waals surface area (Å²) in [5.74, 6) is 1.02. The highest BCUT2D eigenvalue weighted by Crippen LogP contribution is 2.28. The number of ether oxygens (including phenoxy) is 1. The minimum Gasteiger partial charge on any atom is -0.470 e. The zero-order valence-electron chi connectivity index (χ0n) is 15.6. The van der Waals surface area contributed by atoms with Crippen molar-refractivity contribution in [3.8, 4) is 5.88 Å². The number of rotatable bonds is 5. The second-order valence-electron chi connectivity index (χ2n) is 6.73. The number of hydrogen-bond donors (Lipinski definition) is 0. The Morgan fingerprint density at radius 1 is 1.26 bits per heavy atom. The van der Waals surface area contributed by atoms with Crippen molar-refractivity contribution >= 4 is 27.4 Å². The van der Waals surface area contributed by atoms with Crippen LogP contribution in [0.3, 0.4) is 0 Å². The van der Waals surface area contributed by atoms with Crippen molar-refractivity contribution in [1.29, 1.82) is 0 Å². The van der Waals surface area contributed by atoms with E-state index < -0.39 is 10.0 Å². The van der Waals surface area contributed by atoms with Gasteiger partial charge in [0.25, 0.3) is 5.88 Å². The fourth-order valence-corrected chi connectivity index (χ4v) is 5.07. The molecule has 2 heterocycles. The van der Waals surface area contributed by atoms with E-state index in [1.54, 1.807) is 31.5 Å². The summed E-state index contributed by atoms with van der Waals surface area (Å²) in [6.07, 6.45) is 4.34. The van der Waals surface area contributed by atoms with Crippen LogP contribution in [0, 0.1) is 6.92 Å². The number of aryl methyl sites for hydroxylation is 1. The van der Waals surface area contributed by atoms with Gasteiger partial charge in [-0.2, -0.15) is 4.31 Å². The van der Waals surface area contributed by atoms with Gasteiger partial charge in [0.2, 0.25) is 10.0 Å². The molecule has 0 amide bonds. The highest BCUT2D eigenvalue weighted by atomic mass is 35.5. The average Bonchev–Trinajstić information content (AvgIpc) is 2.64. The molecule has 1 saturated heterocycles. The molecule has 1 aliphatic rings. The van der Waals surface area contributed by atoms with Gasteiger partial charge in [-0.25, -0.2) is 18.4 Å². The first-order valence-electron chi connectivity index (χ1n) is 8.70. The lowest BCUT2D eigenvalue weighted by Gasteiger charge is -2.32. The van der Waals surface area contributed by atoms with Crippen molar-refractivity contribution in [3.05, 3.63) is 41.2 Å². The molecule has 1 aromatic carbocycles. The Balaban J connectivity index is 1.81. The van der Waals surface area contributed by atoms with E-state index in [1.165, 1.54) is 10.4 Å². The number of benzene rings is 1. The Bertz CT molecular complexity index is 921. The molecule has 0 N–H and O–H groups in total. The van der Waals surface area contributed by atoms with Gasteiger partial charge >= 0.3 is 0 Å². The van der Waals surface area contributed by atoms with Crippen LogP contribution in [0.1, 0.15) is 18.4 Å². The zero-order valence-corrected chi connectivity index (χ0v) is 17.2. The van der Waals surface area contributed by atoms with Crippen LogP contribution in [0.25, 0.3) is 0 Å². The molecule has 1 unspecified atom stereocenters. The summed E-state index contributed by atoms with van der Waals surface area (Å²) in [6.45, 7) is 2.48. The lowest BCUT2D eigenvalue weighted by atomic mass is 10.1. The Labute approximate surface area is 165 Å². The Kier molecular flexibility index (Phi) is 5.88. The first kappa shape index (κ1) is 19.9. The molecule has 27 heavy (non-hydrogen) atoms. The molecule has 0 aliphatic carbocycles. The third kappa shape index (κ3) is 4.34. The molecule has 146 valence electrons. The van der Waals surface area contributed by atoms with Crippen LogP contribution < -0.4 is 9.64 Å². The van der Waals surface area contributed by atoms with Gasteiger partial charge in [0, 0.05) is 38.1 Å². The summed E-state index contributed by atoms with van der Waals surface area (Å²) in [5, 5.41) is 0.402. The molecule has 0 bridgehead atoms. The third-order valence-corrected chi connectivity index (χ3v) is 6.70. The van der Waals surface area contributed by atoms with Crippen LogP contribution >= 0.6 is 11.6 Å². The van der Waals surface area contributed by atoms with Gasteiger partial charge in [0.15, 0.2) is 5.82 Å². The topological polar surface area (TPSA) is 75.6 Å². The standard InChI is InChI=1S/C18H23ClN4O3S/c1-13-6-7-14(19)11-16(13)27(24,25)23-10-4-5-15(12-23)26-18-17(22(2)3)20-8-9-21-18/h6-9,11,15H,4-5,10,12H2,1-3H3. The van der Waals surface area contributed by atoms with E-state index in [0.717, 1.165) is 6.42 Å². The second-order valence-corrected chi connectivity index (χ2v) is 9.08. The maximum Gasteiger partial charge on any atom is 0.257 e. The Morgan fingerprint density at radius 2 is 2.00 bits per heavy atom. The minimum atomic E-state index is -3.64. The van der Waals surface area contributed by atoms with Crippen molar-refractivity contribution < 1.29 is 13.2 Å². The van der Waals surface area contributed by atoms with Gasteiger partial charge < -0.3 is 9.64 Å². The maximum atomic E-state index is 13.1. The lowest BCUT2D eigenvalue weighted by Crippen LogP contribution is -2.44. The number of anilines is 1. The molecule has 1 fully saturated rings. The Hall–Kier alpha value is -1.90. The molecule has 3 rings (SSSR count). The second kappa shape index (κ2) is 8.00.